The highest BCUT2D eigenvalue weighted by Crippen LogP contribution is 2.39. The molecule has 4 bridgehead atoms. The van der Waals surface area contributed by atoms with Crippen LogP contribution < -0.4 is 15.1 Å². The van der Waals surface area contributed by atoms with Gasteiger partial charge < -0.3 is 52.9 Å². The molecule has 0 saturated carbocycles. The second kappa shape index (κ2) is 21.7. The average molecular weight is 1060 g/mol. The van der Waals surface area contributed by atoms with Gasteiger partial charge in [0.15, 0.2) is 40.7 Å². The predicted molar refractivity (Wildman–Crippen MR) is 298 cm³/mol. The first kappa shape index (κ1) is 50.7. The number of aldehydes is 1. The summed E-state index contributed by atoms with van der Waals surface area (Å²) in [6, 6.07) is 20.3. The molecule has 0 amide bonds. The van der Waals surface area contributed by atoms with E-state index in [-0.39, 0.29) is 19.8 Å². The molecule has 6 saturated heterocycles. The van der Waals surface area contributed by atoms with Crippen LogP contribution in [0.4, 0.5) is 11.6 Å². The van der Waals surface area contributed by atoms with Crippen molar-refractivity contribution in [2.45, 2.75) is 64.1 Å². The number of nitrogens with zero attached hydrogens (tertiary/aromatic N) is 9. The number of carbonyl (C=O) groups is 1. The van der Waals surface area contributed by atoms with Gasteiger partial charge in [0.05, 0.1) is 61.6 Å². The molecule has 77 heavy (non-hydrogen) atoms. The summed E-state index contributed by atoms with van der Waals surface area (Å²) in [5.74, 6) is 2.82. The van der Waals surface area contributed by atoms with E-state index in [2.05, 4.69) is 59.2 Å². The Kier molecular flexibility index (Phi) is 14.3. The van der Waals surface area contributed by atoms with Crippen LogP contribution in [0.15, 0.2) is 94.3 Å². The van der Waals surface area contributed by atoms with Gasteiger partial charge in [-0.2, -0.15) is 0 Å². The van der Waals surface area contributed by atoms with Crippen molar-refractivity contribution in [1.82, 2.24) is 50.1 Å². The summed E-state index contributed by atoms with van der Waals surface area (Å²) in [6.07, 6.45) is 14.8. The zero-order valence-electron chi connectivity index (χ0n) is 41.8. The fraction of sp³-hybridized carbons (Fsp3) is 0.386. The highest BCUT2D eigenvalue weighted by atomic mass is 35.5. The lowest BCUT2D eigenvalue weighted by Crippen LogP contribution is -2.41. The van der Waals surface area contributed by atoms with Gasteiger partial charge in [-0.05, 0) is 67.6 Å². The number of ether oxygens (including phenoxy) is 4. The molecule has 14 heterocycles. The molecule has 6 aliphatic heterocycles. The SMILES string of the molecule is C.C1C[C@H]2CNC[C@@H]1O2.Cl.O=Cc1cnc2oc3c(N4CCOCC4)nc(-c4cccc5[nH]ccc45)nc3c2c1.c1cc(-c2nc(N3CCOCC3)c3oc4ncc(CN5CC6CC[C@H](C5)O6)cc4c3n2)c2cc[nH]c2c1. The van der Waals surface area contributed by atoms with Crippen LogP contribution in [0.1, 0.15) is 49.0 Å². The van der Waals surface area contributed by atoms with E-state index >= 15 is 0 Å². The van der Waals surface area contributed by atoms with Gasteiger partial charge in [-0.15, -0.1) is 12.4 Å². The maximum absolute atomic E-state index is 11.3. The molecular weight excluding hydrogens is 1000 g/mol. The van der Waals surface area contributed by atoms with Crippen LogP contribution in [0.25, 0.3) is 89.0 Å². The number of likely N-dealkylation sites (tertiary alicyclic amines) is 1. The molecular formula is C57H61ClN12O7. The van der Waals surface area contributed by atoms with Crippen molar-refractivity contribution in [2.24, 2.45) is 0 Å². The first-order chi connectivity index (χ1) is 37.0. The van der Waals surface area contributed by atoms with Crippen molar-refractivity contribution in [3.63, 3.8) is 0 Å². The molecule has 6 aliphatic rings. The number of carbonyl (C=O) groups excluding carboxylic acids is 1. The van der Waals surface area contributed by atoms with Gasteiger partial charge in [0.1, 0.15) is 11.0 Å². The van der Waals surface area contributed by atoms with E-state index in [1.807, 2.05) is 48.9 Å². The maximum atomic E-state index is 11.3. The van der Waals surface area contributed by atoms with E-state index in [9.17, 15) is 4.79 Å². The summed E-state index contributed by atoms with van der Waals surface area (Å²) < 4.78 is 35.1. The number of rotatable bonds is 7. The third-order valence-corrected chi connectivity index (χ3v) is 15.3. The minimum Gasteiger partial charge on any atom is -0.432 e. The van der Waals surface area contributed by atoms with Crippen molar-refractivity contribution >= 4 is 96.5 Å². The Morgan fingerprint density at radius 1 is 0.597 bits per heavy atom. The normalized spacial score (nSPS) is 21.2. The maximum Gasteiger partial charge on any atom is 0.229 e. The molecule has 4 atom stereocenters. The highest BCUT2D eigenvalue weighted by Gasteiger charge is 2.34. The number of morpholine rings is 4. The summed E-state index contributed by atoms with van der Waals surface area (Å²) in [5, 5.41) is 7.10. The van der Waals surface area contributed by atoms with E-state index in [1.165, 1.54) is 31.9 Å². The summed E-state index contributed by atoms with van der Waals surface area (Å²) >= 11 is 0. The molecule has 16 rings (SSSR count). The van der Waals surface area contributed by atoms with Crippen molar-refractivity contribution in [2.75, 3.05) is 88.6 Å². The number of nitrogens with one attached hydrogen (secondary N) is 3. The Bertz CT molecular complexity index is 3710. The number of aromatic nitrogens is 8. The van der Waals surface area contributed by atoms with Gasteiger partial charge in [-0.3, -0.25) is 9.69 Å². The average Bonchev–Trinajstić information content (AvgIpc) is 4.37. The van der Waals surface area contributed by atoms with E-state index < -0.39 is 0 Å². The van der Waals surface area contributed by atoms with Crippen molar-refractivity contribution in [3.8, 4) is 22.8 Å². The molecule has 8 aromatic heterocycles. The lowest BCUT2D eigenvalue weighted by atomic mass is 10.1. The Morgan fingerprint density at radius 3 is 1.64 bits per heavy atom. The smallest absolute Gasteiger partial charge is 0.229 e. The van der Waals surface area contributed by atoms with Gasteiger partial charge >= 0.3 is 0 Å². The first-order valence-electron chi connectivity index (χ1n) is 26.2. The number of halogens is 1. The second-order valence-corrected chi connectivity index (χ2v) is 20.2. The first-order valence-corrected chi connectivity index (χ1v) is 26.2. The Hall–Kier alpha value is -7.10. The molecule has 0 radical (unpaired) electrons. The lowest BCUT2D eigenvalue weighted by molar-refractivity contribution is -0.0410. The molecule has 20 heteroatoms. The van der Waals surface area contributed by atoms with Crippen LogP contribution in [-0.4, -0.2) is 154 Å². The zero-order chi connectivity index (χ0) is 49.8. The largest absolute Gasteiger partial charge is 0.432 e. The molecule has 10 aromatic rings. The third kappa shape index (κ3) is 9.85. The minimum atomic E-state index is 0. The molecule has 1 unspecified atom stereocenters. The van der Waals surface area contributed by atoms with Crippen molar-refractivity contribution in [3.05, 3.63) is 96.6 Å². The van der Waals surface area contributed by atoms with Crippen LogP contribution in [0.3, 0.4) is 0 Å². The second-order valence-electron chi connectivity index (χ2n) is 20.2. The number of H-pyrrole nitrogens is 2. The highest BCUT2D eigenvalue weighted by molar-refractivity contribution is 6.08. The Morgan fingerprint density at radius 2 is 1.10 bits per heavy atom. The number of fused-ring (bicyclic) bond motifs is 12. The zero-order valence-corrected chi connectivity index (χ0v) is 42.6. The minimum absolute atomic E-state index is 0. The predicted octanol–water partition coefficient (Wildman–Crippen LogP) is 8.88. The fourth-order valence-corrected chi connectivity index (χ4v) is 11.6. The molecule has 0 spiro atoms. The van der Waals surface area contributed by atoms with Crippen LogP contribution in [-0.2, 0) is 25.5 Å². The van der Waals surface area contributed by atoms with Crippen LogP contribution in [0.5, 0.6) is 0 Å². The van der Waals surface area contributed by atoms with E-state index in [0.29, 0.717) is 115 Å². The standard InChI is InChI=1S/C28H28N6O3.C22H17N5O3.C6H11NO.CH4.ClH/c1-2-21(20-6-7-29-23(20)3-1)26-31-24-22-12-17(14-33-15-18-4-5-19(16-33)36-18)13-30-28(22)37-25(24)27(32-26)34-8-10-35-11-9-34;28-12-13-10-16-18-19(30-22(16)24-11-13)21(27-6-8-29-9-7-27)26-20(25-18)15-2-1-3-17-14(15)4-5-23-17;1-2-6-4-7-3-5(1)8-6;;/h1-3,6-7,12-13,18-19,29H,4-5,8-11,14-16H2;1-5,10-12,23H,6-9H2;5-7H,1-4H2;1H4;1H/t18-,19?;;5-,6+;;/m1..../s1. The summed E-state index contributed by atoms with van der Waals surface area (Å²) in [7, 11) is 0. The lowest BCUT2D eigenvalue weighted by Gasteiger charge is -2.31. The van der Waals surface area contributed by atoms with Gasteiger partial charge in [0.2, 0.25) is 11.4 Å². The molecule has 0 aliphatic carbocycles. The van der Waals surface area contributed by atoms with Gasteiger partial charge in [-0.1, -0.05) is 31.7 Å². The molecule has 398 valence electrons. The summed E-state index contributed by atoms with van der Waals surface area (Å²) in [5.41, 5.74) is 9.42. The number of benzene rings is 2. The van der Waals surface area contributed by atoms with Crippen molar-refractivity contribution in [1.29, 1.82) is 0 Å². The molecule has 3 N–H and O–H groups in total. The monoisotopic (exact) mass is 1060 g/mol. The van der Waals surface area contributed by atoms with E-state index in [0.717, 1.165) is 113 Å². The Balaban J connectivity index is 0.000000134. The number of furan rings is 2. The number of aromatic amines is 2. The number of hydrogen-bond acceptors (Lipinski definition) is 17. The third-order valence-electron chi connectivity index (χ3n) is 15.3. The quantitative estimate of drug-likeness (QED) is 0.127. The van der Waals surface area contributed by atoms with E-state index in [4.69, 9.17) is 52.7 Å². The molecule has 6 fully saturated rings. The fourth-order valence-electron chi connectivity index (χ4n) is 11.6. The Labute approximate surface area is 449 Å². The van der Waals surface area contributed by atoms with Gasteiger partial charge in [0, 0.05) is 122 Å². The number of pyridine rings is 2. The van der Waals surface area contributed by atoms with Gasteiger partial charge in [-0.25, -0.2) is 29.9 Å². The van der Waals surface area contributed by atoms with Crippen molar-refractivity contribution < 1.29 is 32.6 Å². The van der Waals surface area contributed by atoms with Gasteiger partial charge in [0.25, 0.3) is 0 Å². The van der Waals surface area contributed by atoms with E-state index in [1.54, 1.807) is 6.07 Å². The summed E-state index contributed by atoms with van der Waals surface area (Å²) in [4.78, 5) is 53.7. The topological polar surface area (TPSA) is 211 Å². The summed E-state index contributed by atoms with van der Waals surface area (Å²) in [6.45, 7) is 10.5. The molecule has 2 aromatic carbocycles. The number of anilines is 2. The van der Waals surface area contributed by atoms with Crippen LogP contribution in [0.2, 0.25) is 0 Å². The molecule has 19 nitrogen and oxygen atoms in total. The van der Waals surface area contributed by atoms with Crippen LogP contribution >= 0.6 is 12.4 Å². The number of hydrogen-bond donors (Lipinski definition) is 3. The van der Waals surface area contributed by atoms with Crippen LogP contribution in [0, 0.1) is 0 Å².